The Labute approximate surface area is 158 Å². The molecule has 0 saturated heterocycles. The molecule has 1 atom stereocenters. The van der Waals surface area contributed by atoms with Crippen molar-refractivity contribution in [1.82, 2.24) is 5.32 Å². The molecule has 2 aromatic rings. The van der Waals surface area contributed by atoms with Gasteiger partial charge >= 0.3 is 5.97 Å². The summed E-state index contributed by atoms with van der Waals surface area (Å²) in [6.07, 6.45) is -0.0552. The van der Waals surface area contributed by atoms with E-state index in [-0.39, 0.29) is 18.9 Å². The molecule has 0 aliphatic rings. The summed E-state index contributed by atoms with van der Waals surface area (Å²) in [7, 11) is 0. The van der Waals surface area contributed by atoms with Crippen molar-refractivity contribution in [2.45, 2.75) is 33.2 Å². The van der Waals surface area contributed by atoms with Gasteiger partial charge in [-0.15, -0.1) is 0 Å². The Balaban J connectivity index is 1.90. The second-order valence-electron chi connectivity index (χ2n) is 6.40. The van der Waals surface area contributed by atoms with Crippen molar-refractivity contribution in [2.75, 3.05) is 11.9 Å². The average Bonchev–Trinajstić information content (AvgIpc) is 2.63. The highest BCUT2D eigenvalue weighted by Crippen LogP contribution is 2.18. The molecule has 2 rings (SSSR count). The lowest BCUT2D eigenvalue weighted by Gasteiger charge is -2.17. The fourth-order valence-corrected chi connectivity index (χ4v) is 2.61. The van der Waals surface area contributed by atoms with E-state index in [0.717, 1.165) is 16.7 Å². The summed E-state index contributed by atoms with van der Waals surface area (Å²) in [6, 6.07) is 14.4. The van der Waals surface area contributed by atoms with Crippen molar-refractivity contribution in [1.29, 1.82) is 0 Å². The first-order chi connectivity index (χ1) is 12.8. The second-order valence-corrected chi connectivity index (χ2v) is 6.40. The van der Waals surface area contributed by atoms with E-state index in [1.165, 1.54) is 6.92 Å². The predicted octanol–water partition coefficient (Wildman–Crippen LogP) is 3.05. The highest BCUT2D eigenvalue weighted by molar-refractivity contribution is 5.93. The van der Waals surface area contributed by atoms with Crippen LogP contribution in [0.3, 0.4) is 0 Å². The van der Waals surface area contributed by atoms with E-state index in [4.69, 9.17) is 4.74 Å². The normalized spacial score (nSPS) is 11.4. The van der Waals surface area contributed by atoms with Crippen LogP contribution in [0.5, 0.6) is 0 Å². The third kappa shape index (κ3) is 6.58. The first-order valence-electron chi connectivity index (χ1n) is 8.70. The van der Waals surface area contributed by atoms with Gasteiger partial charge in [0.1, 0.15) is 0 Å². The molecule has 0 unspecified atom stereocenters. The van der Waals surface area contributed by atoms with Gasteiger partial charge in [0.25, 0.3) is 5.91 Å². The van der Waals surface area contributed by atoms with Crippen LogP contribution >= 0.6 is 0 Å². The third-order valence-corrected chi connectivity index (χ3v) is 3.98. The number of aryl methyl sites for hydroxylation is 2. The smallest absolute Gasteiger partial charge is 0.308 e. The summed E-state index contributed by atoms with van der Waals surface area (Å²) in [4.78, 5) is 35.6. The van der Waals surface area contributed by atoms with Crippen LogP contribution < -0.4 is 10.6 Å². The van der Waals surface area contributed by atoms with Crippen LogP contribution in [0, 0.1) is 13.8 Å². The molecule has 0 radical (unpaired) electrons. The standard InChI is InChI=1S/C21H24N2O4/c1-14-9-10-15(2)18(11-14)23-20(25)13-27-21(26)12-19(22-16(3)24)17-7-5-4-6-8-17/h4-11,19H,12-13H2,1-3H3,(H,22,24)(H,23,25)/t19-/m0/s1. The van der Waals surface area contributed by atoms with E-state index in [2.05, 4.69) is 10.6 Å². The Bertz CT molecular complexity index is 818. The highest BCUT2D eigenvalue weighted by Gasteiger charge is 2.18. The number of hydrogen-bond donors (Lipinski definition) is 2. The van der Waals surface area contributed by atoms with Crippen LogP contribution in [-0.4, -0.2) is 24.4 Å². The monoisotopic (exact) mass is 368 g/mol. The molecular weight excluding hydrogens is 344 g/mol. The lowest BCUT2D eigenvalue weighted by atomic mass is 10.0. The van der Waals surface area contributed by atoms with Gasteiger partial charge in [0.2, 0.25) is 5.91 Å². The van der Waals surface area contributed by atoms with Gasteiger partial charge in [-0.1, -0.05) is 42.5 Å². The fourth-order valence-electron chi connectivity index (χ4n) is 2.61. The van der Waals surface area contributed by atoms with Gasteiger partial charge in [-0.2, -0.15) is 0 Å². The van der Waals surface area contributed by atoms with Gasteiger partial charge in [-0.25, -0.2) is 0 Å². The van der Waals surface area contributed by atoms with Crippen molar-refractivity contribution in [3.63, 3.8) is 0 Å². The number of benzene rings is 2. The number of amides is 2. The van der Waals surface area contributed by atoms with Gasteiger partial charge < -0.3 is 15.4 Å². The van der Waals surface area contributed by atoms with E-state index < -0.39 is 17.9 Å². The number of hydrogen-bond acceptors (Lipinski definition) is 4. The third-order valence-electron chi connectivity index (χ3n) is 3.98. The second kappa shape index (κ2) is 9.52. The summed E-state index contributed by atoms with van der Waals surface area (Å²) >= 11 is 0. The first-order valence-corrected chi connectivity index (χ1v) is 8.70. The minimum Gasteiger partial charge on any atom is -0.455 e. The Morgan fingerprint density at radius 2 is 1.74 bits per heavy atom. The molecule has 6 heteroatoms. The van der Waals surface area contributed by atoms with Crippen molar-refractivity contribution in [2.24, 2.45) is 0 Å². The highest BCUT2D eigenvalue weighted by atomic mass is 16.5. The van der Waals surface area contributed by atoms with Crippen LogP contribution in [0.15, 0.2) is 48.5 Å². The van der Waals surface area contributed by atoms with Gasteiger partial charge in [-0.3, -0.25) is 14.4 Å². The minimum atomic E-state index is -0.561. The first kappa shape index (κ1) is 20.2. The SMILES string of the molecule is CC(=O)N[C@@H](CC(=O)OCC(=O)Nc1cc(C)ccc1C)c1ccccc1. The maximum absolute atomic E-state index is 12.1. The molecule has 0 spiro atoms. The van der Waals surface area contributed by atoms with Gasteiger partial charge in [-0.05, 0) is 36.6 Å². The number of carbonyl (C=O) groups is 3. The molecular formula is C21H24N2O4. The summed E-state index contributed by atoms with van der Waals surface area (Å²) in [5, 5.41) is 5.47. The van der Waals surface area contributed by atoms with Crippen LogP contribution in [0.4, 0.5) is 5.69 Å². The Morgan fingerprint density at radius 1 is 1.04 bits per heavy atom. The zero-order valence-corrected chi connectivity index (χ0v) is 15.7. The molecule has 27 heavy (non-hydrogen) atoms. The van der Waals surface area contributed by atoms with Crippen LogP contribution in [0.1, 0.15) is 36.1 Å². The molecule has 0 aromatic heterocycles. The predicted molar refractivity (Wildman–Crippen MR) is 103 cm³/mol. The fraction of sp³-hybridized carbons (Fsp3) is 0.286. The Morgan fingerprint density at radius 3 is 2.41 bits per heavy atom. The number of nitrogens with one attached hydrogen (secondary N) is 2. The summed E-state index contributed by atoms with van der Waals surface area (Å²) in [6.45, 7) is 4.83. The van der Waals surface area contributed by atoms with Crippen molar-refractivity contribution >= 4 is 23.5 Å². The summed E-state index contributed by atoms with van der Waals surface area (Å²) in [5.41, 5.74) is 3.44. The molecule has 2 amide bonds. The topological polar surface area (TPSA) is 84.5 Å². The van der Waals surface area contributed by atoms with E-state index in [0.29, 0.717) is 5.69 Å². The molecule has 6 nitrogen and oxygen atoms in total. The van der Waals surface area contributed by atoms with E-state index in [1.54, 1.807) is 0 Å². The Kier molecular flexibility index (Phi) is 7.11. The maximum Gasteiger partial charge on any atom is 0.308 e. The number of carbonyl (C=O) groups excluding carboxylic acids is 3. The molecule has 0 heterocycles. The molecule has 0 aliphatic heterocycles. The van der Waals surface area contributed by atoms with Crippen molar-refractivity contribution in [3.8, 4) is 0 Å². The largest absolute Gasteiger partial charge is 0.455 e. The number of ether oxygens (including phenoxy) is 1. The lowest BCUT2D eigenvalue weighted by Crippen LogP contribution is -2.29. The lowest BCUT2D eigenvalue weighted by molar-refractivity contribution is -0.148. The van der Waals surface area contributed by atoms with Gasteiger partial charge in [0.05, 0.1) is 12.5 Å². The maximum atomic E-state index is 12.1. The zero-order valence-electron chi connectivity index (χ0n) is 15.7. The summed E-state index contributed by atoms with van der Waals surface area (Å²) in [5.74, 6) is -1.22. The summed E-state index contributed by atoms with van der Waals surface area (Å²) < 4.78 is 5.08. The van der Waals surface area contributed by atoms with Gasteiger partial charge in [0.15, 0.2) is 6.61 Å². The number of esters is 1. The van der Waals surface area contributed by atoms with E-state index >= 15 is 0 Å². The average molecular weight is 368 g/mol. The van der Waals surface area contributed by atoms with E-state index in [1.807, 2.05) is 62.4 Å². The molecule has 2 N–H and O–H groups in total. The van der Waals surface area contributed by atoms with Crippen LogP contribution in [-0.2, 0) is 19.1 Å². The van der Waals surface area contributed by atoms with Crippen LogP contribution in [0.2, 0.25) is 0 Å². The molecule has 0 saturated carbocycles. The van der Waals surface area contributed by atoms with E-state index in [9.17, 15) is 14.4 Å². The van der Waals surface area contributed by atoms with Crippen LogP contribution in [0.25, 0.3) is 0 Å². The number of rotatable bonds is 7. The quantitative estimate of drug-likeness (QED) is 0.736. The van der Waals surface area contributed by atoms with Crippen molar-refractivity contribution < 1.29 is 19.1 Å². The molecule has 0 fully saturated rings. The zero-order chi connectivity index (χ0) is 19.8. The van der Waals surface area contributed by atoms with Crippen molar-refractivity contribution in [3.05, 3.63) is 65.2 Å². The molecule has 2 aromatic carbocycles. The molecule has 0 aliphatic carbocycles. The number of anilines is 1. The molecule has 0 bridgehead atoms. The molecule has 142 valence electrons. The Hall–Kier alpha value is -3.15. The van der Waals surface area contributed by atoms with Gasteiger partial charge in [0, 0.05) is 12.6 Å². The minimum absolute atomic E-state index is 0.0552.